The van der Waals surface area contributed by atoms with E-state index in [1.54, 1.807) is 12.1 Å². The SMILES string of the molecule is Oc1ccc(Br)cc1CNCCc1ncno1. The zero-order valence-electron chi connectivity index (χ0n) is 9.06. The Morgan fingerprint density at radius 1 is 1.41 bits per heavy atom. The van der Waals surface area contributed by atoms with Crippen LogP contribution in [0.5, 0.6) is 5.75 Å². The molecule has 0 aliphatic carbocycles. The monoisotopic (exact) mass is 297 g/mol. The molecule has 1 heterocycles. The number of phenolic OH excluding ortho intramolecular Hbond substituents is 1. The highest BCUT2D eigenvalue weighted by atomic mass is 79.9. The molecule has 17 heavy (non-hydrogen) atoms. The van der Waals surface area contributed by atoms with Crippen LogP contribution in [0.2, 0.25) is 0 Å². The van der Waals surface area contributed by atoms with Crippen LogP contribution >= 0.6 is 15.9 Å². The van der Waals surface area contributed by atoms with Gasteiger partial charge in [-0.05, 0) is 18.2 Å². The highest BCUT2D eigenvalue weighted by Gasteiger charge is 2.02. The number of hydrogen-bond donors (Lipinski definition) is 2. The summed E-state index contributed by atoms with van der Waals surface area (Å²) in [4.78, 5) is 3.92. The van der Waals surface area contributed by atoms with Crippen molar-refractivity contribution in [3.05, 3.63) is 40.5 Å². The van der Waals surface area contributed by atoms with Gasteiger partial charge in [0.1, 0.15) is 5.75 Å². The molecule has 0 fully saturated rings. The van der Waals surface area contributed by atoms with E-state index in [2.05, 4.69) is 31.4 Å². The van der Waals surface area contributed by atoms with Crippen molar-refractivity contribution in [2.75, 3.05) is 6.54 Å². The first-order valence-corrected chi connectivity index (χ1v) is 5.98. The van der Waals surface area contributed by atoms with Crippen molar-refractivity contribution < 1.29 is 9.63 Å². The van der Waals surface area contributed by atoms with E-state index in [1.165, 1.54) is 6.33 Å². The Kier molecular flexibility index (Phi) is 4.11. The maximum atomic E-state index is 9.62. The minimum Gasteiger partial charge on any atom is -0.508 e. The normalized spacial score (nSPS) is 10.6. The van der Waals surface area contributed by atoms with Crippen molar-refractivity contribution in [1.29, 1.82) is 0 Å². The van der Waals surface area contributed by atoms with Crippen molar-refractivity contribution in [2.45, 2.75) is 13.0 Å². The van der Waals surface area contributed by atoms with Gasteiger partial charge in [0.2, 0.25) is 5.89 Å². The zero-order valence-corrected chi connectivity index (χ0v) is 10.6. The van der Waals surface area contributed by atoms with Gasteiger partial charge >= 0.3 is 0 Å². The Hall–Kier alpha value is -1.40. The molecule has 90 valence electrons. The lowest BCUT2D eigenvalue weighted by Gasteiger charge is -2.06. The largest absolute Gasteiger partial charge is 0.508 e. The van der Waals surface area contributed by atoms with E-state index in [0.717, 1.165) is 10.0 Å². The van der Waals surface area contributed by atoms with Crippen LogP contribution in [0.3, 0.4) is 0 Å². The molecular formula is C11H12BrN3O2. The summed E-state index contributed by atoms with van der Waals surface area (Å²) in [5.41, 5.74) is 0.852. The van der Waals surface area contributed by atoms with Crippen LogP contribution < -0.4 is 5.32 Å². The van der Waals surface area contributed by atoms with E-state index >= 15 is 0 Å². The summed E-state index contributed by atoms with van der Waals surface area (Å²) >= 11 is 3.36. The molecule has 2 rings (SSSR count). The molecule has 1 aromatic carbocycles. The molecule has 5 nitrogen and oxygen atoms in total. The smallest absolute Gasteiger partial charge is 0.227 e. The van der Waals surface area contributed by atoms with Crippen LogP contribution in [0.1, 0.15) is 11.5 Å². The van der Waals surface area contributed by atoms with Gasteiger partial charge in [-0.3, -0.25) is 0 Å². The van der Waals surface area contributed by atoms with E-state index in [-0.39, 0.29) is 0 Å². The Morgan fingerprint density at radius 2 is 2.29 bits per heavy atom. The molecule has 0 atom stereocenters. The molecule has 0 saturated carbocycles. The molecule has 0 amide bonds. The average Bonchev–Trinajstić information content (AvgIpc) is 2.82. The van der Waals surface area contributed by atoms with Crippen LogP contribution in [-0.4, -0.2) is 21.8 Å². The topological polar surface area (TPSA) is 71.2 Å². The number of halogens is 1. The second kappa shape index (κ2) is 5.79. The predicted octanol–water partition coefficient (Wildman–Crippen LogP) is 1.87. The van der Waals surface area contributed by atoms with E-state index in [1.807, 2.05) is 6.07 Å². The van der Waals surface area contributed by atoms with Gasteiger partial charge < -0.3 is 14.9 Å². The first kappa shape index (κ1) is 12.1. The zero-order chi connectivity index (χ0) is 12.1. The maximum absolute atomic E-state index is 9.62. The molecule has 2 N–H and O–H groups in total. The molecule has 0 unspecified atom stereocenters. The molecule has 6 heteroatoms. The summed E-state index contributed by atoms with van der Waals surface area (Å²) in [6.45, 7) is 1.31. The lowest BCUT2D eigenvalue weighted by molar-refractivity contribution is 0.374. The van der Waals surface area contributed by atoms with Gasteiger partial charge in [-0.15, -0.1) is 0 Å². The van der Waals surface area contributed by atoms with Crippen molar-refractivity contribution in [3.63, 3.8) is 0 Å². The van der Waals surface area contributed by atoms with Crippen molar-refractivity contribution in [1.82, 2.24) is 15.5 Å². The fraction of sp³-hybridized carbons (Fsp3) is 0.273. The van der Waals surface area contributed by atoms with Gasteiger partial charge in [0, 0.05) is 29.5 Å². The van der Waals surface area contributed by atoms with Gasteiger partial charge in [0.05, 0.1) is 0 Å². The number of aromatic nitrogens is 2. The molecule has 0 radical (unpaired) electrons. The molecule has 0 spiro atoms. The first-order valence-electron chi connectivity index (χ1n) is 5.19. The second-order valence-electron chi connectivity index (χ2n) is 3.53. The van der Waals surface area contributed by atoms with E-state index in [9.17, 15) is 5.11 Å². The number of rotatable bonds is 5. The maximum Gasteiger partial charge on any atom is 0.227 e. The van der Waals surface area contributed by atoms with Crippen LogP contribution in [0.25, 0.3) is 0 Å². The van der Waals surface area contributed by atoms with Gasteiger partial charge in [-0.2, -0.15) is 4.98 Å². The minimum absolute atomic E-state index is 0.290. The molecular weight excluding hydrogens is 286 g/mol. The van der Waals surface area contributed by atoms with Gasteiger partial charge in [-0.25, -0.2) is 0 Å². The number of phenols is 1. The minimum atomic E-state index is 0.290. The number of hydrogen-bond acceptors (Lipinski definition) is 5. The standard InChI is InChI=1S/C11H12BrN3O2/c12-9-1-2-10(16)8(5-9)6-13-4-3-11-14-7-15-17-11/h1-2,5,7,13,16H,3-4,6H2. The summed E-state index contributed by atoms with van der Waals surface area (Å²) in [6.07, 6.45) is 2.06. The van der Waals surface area contributed by atoms with Crippen LogP contribution in [-0.2, 0) is 13.0 Å². The summed E-state index contributed by atoms with van der Waals surface area (Å²) < 4.78 is 5.82. The quantitative estimate of drug-likeness (QED) is 0.825. The molecule has 2 aromatic rings. The summed E-state index contributed by atoms with van der Waals surface area (Å²) in [5, 5.41) is 16.3. The van der Waals surface area contributed by atoms with Gasteiger partial charge in [0.15, 0.2) is 6.33 Å². The Balaban J connectivity index is 1.80. The van der Waals surface area contributed by atoms with Crippen LogP contribution in [0.15, 0.2) is 33.5 Å². The average molecular weight is 298 g/mol. The lowest BCUT2D eigenvalue weighted by Crippen LogP contribution is -2.16. The van der Waals surface area contributed by atoms with Crippen LogP contribution in [0, 0.1) is 0 Å². The van der Waals surface area contributed by atoms with Gasteiger partial charge in [0.25, 0.3) is 0 Å². The summed E-state index contributed by atoms with van der Waals surface area (Å²) in [7, 11) is 0. The first-order chi connectivity index (χ1) is 8.25. The molecule has 0 saturated heterocycles. The van der Waals surface area contributed by atoms with Crippen molar-refractivity contribution >= 4 is 15.9 Å². The number of aromatic hydroxyl groups is 1. The van der Waals surface area contributed by atoms with Crippen LogP contribution in [0.4, 0.5) is 0 Å². The number of benzene rings is 1. The van der Waals surface area contributed by atoms with E-state index in [0.29, 0.717) is 31.2 Å². The number of nitrogens with one attached hydrogen (secondary N) is 1. The van der Waals surface area contributed by atoms with Crippen molar-refractivity contribution in [3.8, 4) is 5.75 Å². The molecule has 0 aliphatic rings. The number of nitrogens with zero attached hydrogens (tertiary/aromatic N) is 2. The molecule has 0 bridgehead atoms. The Labute approximate surface area is 107 Å². The Bertz CT molecular complexity index is 474. The predicted molar refractivity (Wildman–Crippen MR) is 65.5 cm³/mol. The molecule has 0 aliphatic heterocycles. The van der Waals surface area contributed by atoms with Gasteiger partial charge in [-0.1, -0.05) is 21.1 Å². The lowest BCUT2D eigenvalue weighted by atomic mass is 10.2. The fourth-order valence-corrected chi connectivity index (χ4v) is 1.83. The fourth-order valence-electron chi connectivity index (χ4n) is 1.42. The van der Waals surface area contributed by atoms with E-state index < -0.39 is 0 Å². The third-order valence-electron chi connectivity index (χ3n) is 2.28. The third-order valence-corrected chi connectivity index (χ3v) is 2.77. The highest BCUT2D eigenvalue weighted by Crippen LogP contribution is 2.21. The summed E-state index contributed by atoms with van der Waals surface area (Å²) in [6, 6.07) is 5.35. The Morgan fingerprint density at radius 3 is 3.06 bits per heavy atom. The second-order valence-corrected chi connectivity index (χ2v) is 4.45. The third kappa shape index (κ3) is 3.54. The summed E-state index contributed by atoms with van der Waals surface area (Å²) in [5.74, 6) is 0.898. The van der Waals surface area contributed by atoms with Crippen molar-refractivity contribution in [2.24, 2.45) is 0 Å². The molecule has 1 aromatic heterocycles. The highest BCUT2D eigenvalue weighted by molar-refractivity contribution is 9.10. The van der Waals surface area contributed by atoms with E-state index in [4.69, 9.17) is 4.52 Å².